The normalized spacial score (nSPS) is 15.9. The number of nitrogens with one attached hydrogen (secondary N) is 2. The van der Waals surface area contributed by atoms with E-state index < -0.39 is 69.9 Å². The molecule has 9 N–H and O–H groups in total. The molecule has 1 aromatic heterocycles. The van der Waals surface area contributed by atoms with Gasteiger partial charge in [-0.15, -0.1) is 0 Å². The van der Waals surface area contributed by atoms with Crippen molar-refractivity contribution in [3.63, 3.8) is 0 Å². The van der Waals surface area contributed by atoms with Crippen molar-refractivity contribution in [2.45, 2.75) is 102 Å². The molecule has 16 nitrogen and oxygen atoms in total. The number of ether oxygens (including phenoxy) is 1. The van der Waals surface area contributed by atoms with Crippen LogP contribution in [0.15, 0.2) is 42.9 Å². The Morgan fingerprint density at radius 1 is 0.959 bits per heavy atom. The van der Waals surface area contributed by atoms with Crippen LogP contribution in [0, 0.1) is 0 Å². The molecule has 0 aliphatic carbocycles. The van der Waals surface area contributed by atoms with Crippen molar-refractivity contribution in [1.29, 1.82) is 0 Å². The molecule has 0 aliphatic rings. The van der Waals surface area contributed by atoms with Gasteiger partial charge in [0, 0.05) is 24.9 Å². The molecule has 0 saturated carbocycles. The summed E-state index contributed by atoms with van der Waals surface area (Å²) in [5, 5.41) is 42.8. The molecule has 1 heterocycles. The van der Waals surface area contributed by atoms with Gasteiger partial charge in [0.2, 0.25) is 11.8 Å². The van der Waals surface area contributed by atoms with E-state index in [2.05, 4.69) is 44.4 Å². The van der Waals surface area contributed by atoms with Crippen molar-refractivity contribution >= 4 is 19.6 Å². The molecular formula is C32H54N5O11P. The fourth-order valence-electron chi connectivity index (χ4n) is 4.91. The van der Waals surface area contributed by atoms with Gasteiger partial charge in [0.1, 0.15) is 18.2 Å². The highest BCUT2D eigenvalue weighted by Gasteiger charge is 2.33. The second-order valence-electron chi connectivity index (χ2n) is 11.8. The van der Waals surface area contributed by atoms with Gasteiger partial charge in [-0.3, -0.25) is 18.6 Å². The van der Waals surface area contributed by atoms with Gasteiger partial charge in [0.15, 0.2) is 0 Å². The Bertz CT molecular complexity index is 1260. The number of nitrogens with zero attached hydrogens (tertiary/aromatic N) is 2. The molecule has 0 fully saturated rings. The predicted octanol–water partition coefficient (Wildman–Crippen LogP) is 0.530. The molecule has 1 aromatic carbocycles. The molecule has 6 unspecified atom stereocenters. The van der Waals surface area contributed by atoms with E-state index in [9.17, 15) is 34.4 Å². The van der Waals surface area contributed by atoms with Crippen LogP contribution < -0.4 is 16.4 Å². The molecule has 17 heteroatoms. The SMILES string of the molecule is CC(OP(=O)(O)OCC(O)C(O)CO)C(COCN)NC(=O)C(CO)NC(=O)CCc1cncn1CCCCCCCCc1ccccc1. The Morgan fingerprint density at radius 3 is 2.33 bits per heavy atom. The number of amides is 2. The minimum Gasteiger partial charge on any atom is -0.394 e. The van der Waals surface area contributed by atoms with Crippen LogP contribution in [0.4, 0.5) is 0 Å². The summed E-state index contributed by atoms with van der Waals surface area (Å²) in [6, 6.07) is 8.07. The Labute approximate surface area is 287 Å². The number of aliphatic hydroxyl groups is 4. The molecule has 0 spiro atoms. The van der Waals surface area contributed by atoms with Gasteiger partial charge in [0.25, 0.3) is 0 Å². The molecule has 0 radical (unpaired) electrons. The van der Waals surface area contributed by atoms with Gasteiger partial charge in [-0.2, -0.15) is 0 Å². The highest BCUT2D eigenvalue weighted by Crippen LogP contribution is 2.45. The number of aliphatic hydroxyl groups excluding tert-OH is 4. The highest BCUT2D eigenvalue weighted by molar-refractivity contribution is 7.47. The van der Waals surface area contributed by atoms with Crippen LogP contribution in [0.1, 0.15) is 63.1 Å². The summed E-state index contributed by atoms with van der Waals surface area (Å²) in [6.07, 6.45) is 7.29. The zero-order valence-electron chi connectivity index (χ0n) is 28.1. The number of nitrogens with two attached hydrogens (primary N) is 1. The summed E-state index contributed by atoms with van der Waals surface area (Å²) < 4.78 is 29.3. The predicted molar refractivity (Wildman–Crippen MR) is 180 cm³/mol. The quantitative estimate of drug-likeness (QED) is 0.0358. The van der Waals surface area contributed by atoms with Crippen LogP contribution in [0.2, 0.25) is 0 Å². The van der Waals surface area contributed by atoms with Crippen molar-refractivity contribution in [1.82, 2.24) is 20.2 Å². The maximum Gasteiger partial charge on any atom is 0.472 e. The van der Waals surface area contributed by atoms with Crippen molar-refractivity contribution in [2.75, 3.05) is 33.2 Å². The number of aromatic nitrogens is 2. The number of phosphoric acid groups is 1. The monoisotopic (exact) mass is 715 g/mol. The molecule has 0 saturated heterocycles. The van der Waals surface area contributed by atoms with Crippen LogP contribution in [-0.4, -0.2) is 110 Å². The van der Waals surface area contributed by atoms with E-state index in [0.29, 0.717) is 6.42 Å². The first-order valence-corrected chi connectivity index (χ1v) is 18.1. The number of aryl methyl sites for hydroxylation is 3. The van der Waals surface area contributed by atoms with Crippen LogP contribution in [0.3, 0.4) is 0 Å². The summed E-state index contributed by atoms with van der Waals surface area (Å²) in [5.41, 5.74) is 7.64. The van der Waals surface area contributed by atoms with Crippen LogP contribution in [0.5, 0.6) is 0 Å². The summed E-state index contributed by atoms with van der Waals surface area (Å²) in [7, 11) is -4.81. The molecule has 6 atom stereocenters. The molecule has 2 rings (SSSR count). The van der Waals surface area contributed by atoms with Gasteiger partial charge >= 0.3 is 7.82 Å². The number of carbonyl (C=O) groups excluding carboxylic acids is 2. The lowest BCUT2D eigenvalue weighted by Crippen LogP contribution is -2.55. The Morgan fingerprint density at radius 2 is 1.65 bits per heavy atom. The fraction of sp³-hybridized carbons (Fsp3) is 0.656. The number of hydrogen-bond acceptors (Lipinski definition) is 12. The number of phosphoric ester groups is 1. The number of benzene rings is 1. The minimum absolute atomic E-state index is 0.0397. The first-order chi connectivity index (χ1) is 23.5. The van der Waals surface area contributed by atoms with Gasteiger partial charge in [0.05, 0.1) is 51.6 Å². The summed E-state index contributed by atoms with van der Waals surface area (Å²) in [4.78, 5) is 40.0. The summed E-state index contributed by atoms with van der Waals surface area (Å²) in [6.45, 7) is -0.748. The Kier molecular flexibility index (Phi) is 20.4. The summed E-state index contributed by atoms with van der Waals surface area (Å²) >= 11 is 0. The maximum atomic E-state index is 13.0. The number of hydrogen-bond donors (Lipinski definition) is 8. The van der Waals surface area contributed by atoms with E-state index in [1.54, 1.807) is 12.5 Å². The lowest BCUT2D eigenvalue weighted by atomic mass is 10.0. The highest BCUT2D eigenvalue weighted by atomic mass is 31.2. The molecule has 49 heavy (non-hydrogen) atoms. The average Bonchev–Trinajstić information content (AvgIpc) is 3.54. The number of unbranched alkanes of at least 4 members (excludes halogenated alkanes) is 5. The largest absolute Gasteiger partial charge is 0.472 e. The standard InChI is InChI=1S/C32H54N5O11P/c1-24(48-49(44,45)47-21-30(41)29(40)19-39)28(20-46-22-33)36-32(43)27(18-38)35-31(42)15-14-26-17-34-23-37(26)16-10-5-3-2-4-7-11-25-12-8-6-9-13-25/h6,8-9,12-13,17,23-24,27-30,38-41H,2-5,7,10-11,14-16,18-22,33H2,1H3,(H,35,42)(H,36,43)(H,44,45). The minimum atomic E-state index is -4.81. The van der Waals surface area contributed by atoms with Gasteiger partial charge in [-0.1, -0.05) is 56.0 Å². The Balaban J connectivity index is 1.77. The molecule has 2 amide bonds. The molecule has 0 bridgehead atoms. The second kappa shape index (κ2) is 23.6. The van der Waals surface area contributed by atoms with Gasteiger partial charge < -0.3 is 51.0 Å². The van der Waals surface area contributed by atoms with E-state index in [0.717, 1.165) is 37.9 Å². The smallest absolute Gasteiger partial charge is 0.394 e. The average molecular weight is 716 g/mol. The van der Waals surface area contributed by atoms with E-state index in [4.69, 9.17) is 20.1 Å². The fourth-order valence-corrected chi connectivity index (χ4v) is 5.88. The third kappa shape index (κ3) is 17.1. The van der Waals surface area contributed by atoms with Crippen LogP contribution in [0.25, 0.3) is 0 Å². The topological polar surface area (TPSA) is 248 Å². The third-order valence-corrected chi connectivity index (χ3v) is 8.92. The van der Waals surface area contributed by atoms with Crippen LogP contribution >= 0.6 is 7.82 Å². The number of carbonyl (C=O) groups is 2. The van der Waals surface area contributed by atoms with E-state index in [-0.39, 0.29) is 19.8 Å². The molecule has 278 valence electrons. The first-order valence-electron chi connectivity index (χ1n) is 16.6. The zero-order valence-corrected chi connectivity index (χ0v) is 29.0. The molecule has 0 aliphatic heterocycles. The zero-order chi connectivity index (χ0) is 36.1. The van der Waals surface area contributed by atoms with Gasteiger partial charge in [-0.05, 0) is 38.2 Å². The maximum absolute atomic E-state index is 13.0. The van der Waals surface area contributed by atoms with E-state index in [1.807, 2.05) is 10.6 Å². The first kappa shape index (κ1) is 42.4. The second-order valence-corrected chi connectivity index (χ2v) is 13.2. The number of imidazole rings is 1. The third-order valence-electron chi connectivity index (χ3n) is 7.85. The van der Waals surface area contributed by atoms with E-state index in [1.165, 1.54) is 31.7 Å². The Hall–Kier alpha value is -2.76. The molecule has 2 aromatic rings. The van der Waals surface area contributed by atoms with Crippen LogP contribution in [-0.2, 0) is 47.3 Å². The van der Waals surface area contributed by atoms with Crippen molar-refractivity contribution in [2.24, 2.45) is 5.73 Å². The van der Waals surface area contributed by atoms with Crippen molar-refractivity contribution in [3.8, 4) is 0 Å². The number of rotatable bonds is 27. The van der Waals surface area contributed by atoms with Crippen molar-refractivity contribution in [3.05, 3.63) is 54.1 Å². The molecular weight excluding hydrogens is 661 g/mol. The lowest BCUT2D eigenvalue weighted by molar-refractivity contribution is -0.131. The van der Waals surface area contributed by atoms with E-state index >= 15 is 0 Å². The van der Waals surface area contributed by atoms with Gasteiger partial charge in [-0.25, -0.2) is 9.55 Å². The lowest BCUT2D eigenvalue weighted by Gasteiger charge is -2.28. The summed E-state index contributed by atoms with van der Waals surface area (Å²) in [5.74, 6) is -1.29. The van der Waals surface area contributed by atoms with Crippen molar-refractivity contribution < 1.29 is 53.3 Å².